The highest BCUT2D eigenvalue weighted by molar-refractivity contribution is 6.30. The van der Waals surface area contributed by atoms with Crippen molar-refractivity contribution in [2.75, 3.05) is 20.8 Å². The molecule has 7 nitrogen and oxygen atoms in total. The number of nitrogens with zero attached hydrogens (tertiary/aromatic N) is 3. The molecule has 1 N–H and O–H groups in total. The van der Waals surface area contributed by atoms with Gasteiger partial charge in [-0.15, -0.1) is 0 Å². The molecule has 2 aromatic heterocycles. The van der Waals surface area contributed by atoms with Crippen molar-refractivity contribution in [1.29, 1.82) is 0 Å². The van der Waals surface area contributed by atoms with Gasteiger partial charge >= 0.3 is 0 Å². The fourth-order valence-corrected chi connectivity index (χ4v) is 3.53. The summed E-state index contributed by atoms with van der Waals surface area (Å²) in [6.45, 7) is 0.447. The first kappa shape index (κ1) is 22.4. The minimum Gasteiger partial charge on any atom is -0.497 e. The summed E-state index contributed by atoms with van der Waals surface area (Å²) in [6.07, 6.45) is 2.36. The Morgan fingerprint density at radius 3 is 2.55 bits per heavy atom. The molecule has 0 aliphatic rings. The first-order valence-corrected chi connectivity index (χ1v) is 10.7. The number of ether oxygens (including phenoxy) is 2. The van der Waals surface area contributed by atoms with E-state index in [-0.39, 0.29) is 5.91 Å². The van der Waals surface area contributed by atoms with E-state index in [0.717, 1.165) is 11.3 Å². The molecule has 0 fully saturated rings. The zero-order valence-corrected chi connectivity index (χ0v) is 19.0. The molecule has 2 heterocycles. The van der Waals surface area contributed by atoms with Gasteiger partial charge in [0, 0.05) is 41.5 Å². The highest BCUT2D eigenvalue weighted by Crippen LogP contribution is 2.33. The third kappa shape index (κ3) is 5.15. The van der Waals surface area contributed by atoms with Gasteiger partial charge in [-0.1, -0.05) is 17.7 Å². The summed E-state index contributed by atoms with van der Waals surface area (Å²) in [5, 5.41) is 8.28. The van der Waals surface area contributed by atoms with Crippen molar-refractivity contribution < 1.29 is 14.3 Å². The van der Waals surface area contributed by atoms with Crippen LogP contribution in [0.2, 0.25) is 5.02 Å². The Bertz CT molecular complexity index is 1240. The second kappa shape index (κ2) is 10.2. The number of rotatable bonds is 8. The molecule has 168 valence electrons. The summed E-state index contributed by atoms with van der Waals surface area (Å²) in [5.74, 6) is 1.02. The Labute approximate surface area is 196 Å². The van der Waals surface area contributed by atoms with Gasteiger partial charge in [0.25, 0.3) is 5.91 Å². The van der Waals surface area contributed by atoms with E-state index in [9.17, 15) is 4.79 Å². The zero-order valence-electron chi connectivity index (χ0n) is 18.3. The van der Waals surface area contributed by atoms with Crippen LogP contribution in [0.4, 0.5) is 0 Å². The van der Waals surface area contributed by atoms with E-state index in [2.05, 4.69) is 10.3 Å². The summed E-state index contributed by atoms with van der Waals surface area (Å²) in [6, 6.07) is 20.1. The number of methoxy groups -OCH3 is 2. The second-order valence-electron chi connectivity index (χ2n) is 7.20. The van der Waals surface area contributed by atoms with Crippen LogP contribution in [0.5, 0.6) is 11.5 Å². The third-order valence-corrected chi connectivity index (χ3v) is 5.34. The predicted molar refractivity (Wildman–Crippen MR) is 127 cm³/mol. The van der Waals surface area contributed by atoms with Gasteiger partial charge in [-0.25, -0.2) is 4.68 Å². The molecule has 0 radical (unpaired) electrons. The minimum absolute atomic E-state index is 0.243. The Kier molecular flexibility index (Phi) is 6.90. The molecule has 0 unspecified atom stereocenters. The highest BCUT2D eigenvalue weighted by Gasteiger charge is 2.20. The molecule has 0 aliphatic heterocycles. The quantitative estimate of drug-likeness (QED) is 0.414. The maximum Gasteiger partial charge on any atom is 0.270 e. The largest absolute Gasteiger partial charge is 0.497 e. The van der Waals surface area contributed by atoms with Crippen LogP contribution in [0, 0.1) is 0 Å². The number of hydrogen-bond donors (Lipinski definition) is 1. The molecular formula is C25H23ClN4O3. The van der Waals surface area contributed by atoms with Crippen LogP contribution < -0.4 is 14.8 Å². The van der Waals surface area contributed by atoms with E-state index in [1.807, 2.05) is 42.5 Å². The summed E-state index contributed by atoms with van der Waals surface area (Å²) < 4.78 is 12.4. The number of carbonyl (C=O) groups is 1. The Morgan fingerprint density at radius 2 is 1.85 bits per heavy atom. The van der Waals surface area contributed by atoms with E-state index in [1.54, 1.807) is 49.4 Å². The number of aromatic nitrogens is 3. The number of halogens is 1. The fourth-order valence-electron chi connectivity index (χ4n) is 3.40. The highest BCUT2D eigenvalue weighted by atomic mass is 35.5. The van der Waals surface area contributed by atoms with Gasteiger partial charge in [0.1, 0.15) is 17.2 Å². The zero-order chi connectivity index (χ0) is 23.2. The Hall–Kier alpha value is -3.84. The predicted octanol–water partition coefficient (Wildman–Crippen LogP) is 4.58. The maximum absolute atomic E-state index is 13.1. The molecular weight excluding hydrogens is 440 g/mol. The van der Waals surface area contributed by atoms with Crippen LogP contribution in [-0.4, -0.2) is 41.4 Å². The maximum atomic E-state index is 13.1. The molecule has 33 heavy (non-hydrogen) atoms. The van der Waals surface area contributed by atoms with Gasteiger partial charge in [-0.3, -0.25) is 9.78 Å². The van der Waals surface area contributed by atoms with E-state index in [4.69, 9.17) is 26.2 Å². The lowest BCUT2D eigenvalue weighted by molar-refractivity contribution is 0.0946. The van der Waals surface area contributed by atoms with Gasteiger partial charge in [-0.2, -0.15) is 5.10 Å². The molecule has 1 amide bonds. The first-order chi connectivity index (χ1) is 16.1. The van der Waals surface area contributed by atoms with E-state index < -0.39 is 0 Å². The van der Waals surface area contributed by atoms with E-state index in [1.165, 1.54) is 0 Å². The number of pyridine rings is 1. The minimum atomic E-state index is -0.243. The van der Waals surface area contributed by atoms with Crippen molar-refractivity contribution in [3.8, 4) is 28.4 Å². The number of benzene rings is 2. The lowest BCUT2D eigenvalue weighted by atomic mass is 10.1. The van der Waals surface area contributed by atoms with Crippen LogP contribution in [0.15, 0.2) is 72.9 Å². The molecule has 2 aromatic carbocycles. The third-order valence-electron chi connectivity index (χ3n) is 5.09. The normalized spacial score (nSPS) is 10.6. The number of carbonyl (C=O) groups excluding carboxylic acids is 1. The average Bonchev–Trinajstić information content (AvgIpc) is 3.30. The monoisotopic (exact) mass is 462 g/mol. The lowest BCUT2D eigenvalue weighted by Gasteiger charge is -2.09. The van der Waals surface area contributed by atoms with Crippen LogP contribution >= 0.6 is 11.6 Å². The lowest BCUT2D eigenvalue weighted by Crippen LogP contribution is -2.28. The van der Waals surface area contributed by atoms with Crippen molar-refractivity contribution in [2.45, 2.75) is 6.42 Å². The van der Waals surface area contributed by atoms with Gasteiger partial charge in [0.2, 0.25) is 0 Å². The van der Waals surface area contributed by atoms with Crippen molar-refractivity contribution in [3.05, 3.63) is 89.3 Å². The molecule has 0 bridgehead atoms. The van der Waals surface area contributed by atoms with Gasteiger partial charge in [-0.05, 0) is 54.6 Å². The SMILES string of the molecule is COc1ccc(-c2cc(C(=O)NCCc3ccccn3)n(-c3ccc(Cl)cc3)n2)c(OC)c1. The molecule has 0 saturated carbocycles. The summed E-state index contributed by atoms with van der Waals surface area (Å²) in [5.41, 5.74) is 3.36. The van der Waals surface area contributed by atoms with Crippen molar-refractivity contribution in [1.82, 2.24) is 20.1 Å². The molecule has 4 aromatic rings. The standard InChI is InChI=1S/C25H23ClN4O3/c1-32-20-10-11-21(24(15-20)33-2)22-16-23(30(29-22)19-8-6-17(26)7-9-19)25(31)28-14-12-18-5-3-4-13-27-18/h3-11,13,15-16H,12,14H2,1-2H3,(H,28,31). The van der Waals surface area contributed by atoms with Crippen LogP contribution in [0.25, 0.3) is 16.9 Å². The number of nitrogens with one attached hydrogen (secondary N) is 1. The fraction of sp³-hybridized carbons (Fsp3) is 0.160. The number of amides is 1. The van der Waals surface area contributed by atoms with E-state index in [0.29, 0.717) is 46.6 Å². The molecule has 8 heteroatoms. The Balaban J connectivity index is 1.67. The summed E-state index contributed by atoms with van der Waals surface area (Å²) in [7, 11) is 3.18. The van der Waals surface area contributed by atoms with Gasteiger partial charge in [0.05, 0.1) is 25.6 Å². The molecule has 0 atom stereocenters. The molecule has 0 aliphatic carbocycles. The van der Waals surface area contributed by atoms with Crippen LogP contribution in [0.1, 0.15) is 16.2 Å². The molecule has 4 rings (SSSR count). The number of hydrogen-bond acceptors (Lipinski definition) is 5. The Morgan fingerprint density at radius 1 is 1.03 bits per heavy atom. The smallest absolute Gasteiger partial charge is 0.270 e. The second-order valence-corrected chi connectivity index (χ2v) is 7.63. The van der Waals surface area contributed by atoms with Crippen molar-refractivity contribution in [3.63, 3.8) is 0 Å². The van der Waals surface area contributed by atoms with Gasteiger partial charge < -0.3 is 14.8 Å². The average molecular weight is 463 g/mol. The van der Waals surface area contributed by atoms with Crippen molar-refractivity contribution >= 4 is 17.5 Å². The summed E-state index contributed by atoms with van der Waals surface area (Å²) in [4.78, 5) is 17.4. The molecule has 0 spiro atoms. The van der Waals surface area contributed by atoms with Crippen LogP contribution in [0.3, 0.4) is 0 Å². The molecule has 0 saturated heterocycles. The first-order valence-electron chi connectivity index (χ1n) is 10.4. The van der Waals surface area contributed by atoms with E-state index >= 15 is 0 Å². The van der Waals surface area contributed by atoms with Crippen LogP contribution in [-0.2, 0) is 6.42 Å². The van der Waals surface area contributed by atoms with Crippen molar-refractivity contribution in [2.24, 2.45) is 0 Å². The topological polar surface area (TPSA) is 78.3 Å². The summed E-state index contributed by atoms with van der Waals surface area (Å²) >= 11 is 6.05. The van der Waals surface area contributed by atoms with Gasteiger partial charge in [0.15, 0.2) is 0 Å².